The van der Waals surface area contributed by atoms with Crippen molar-refractivity contribution in [1.29, 1.82) is 0 Å². The number of nitrogens with zero attached hydrogens (tertiary/aromatic N) is 4. The molecular weight excluding hydrogens is 372 g/mol. The molecule has 2 heterocycles. The van der Waals surface area contributed by atoms with Gasteiger partial charge < -0.3 is 9.84 Å². The number of imidazole rings is 1. The van der Waals surface area contributed by atoms with Gasteiger partial charge in [0.05, 0.1) is 13.2 Å². The minimum Gasteiger partial charge on any atom is -0.465 e. The molecule has 2 aromatic heterocycles. The normalized spacial score (nSPS) is 13.9. The lowest BCUT2D eigenvalue weighted by molar-refractivity contribution is 0.275. The largest absolute Gasteiger partial charge is 0.465 e. The average Bonchev–Trinajstić information content (AvgIpc) is 3.07. The van der Waals surface area contributed by atoms with E-state index < -0.39 is 11.2 Å². The van der Waals surface area contributed by atoms with E-state index in [1.165, 1.54) is 4.57 Å². The van der Waals surface area contributed by atoms with Gasteiger partial charge in [0.2, 0.25) is 0 Å². The number of hydrogen-bond acceptors (Lipinski definition) is 5. The first kappa shape index (κ1) is 20.9. The molecular formula is C21H28N4O4. The molecule has 0 atom stereocenters. The summed E-state index contributed by atoms with van der Waals surface area (Å²) in [7, 11) is 1.59. The summed E-state index contributed by atoms with van der Waals surface area (Å²) in [4.78, 5) is 30.3. The van der Waals surface area contributed by atoms with Gasteiger partial charge in [-0.25, -0.2) is 4.79 Å². The summed E-state index contributed by atoms with van der Waals surface area (Å²) in [6.07, 6.45) is 8.92. The maximum atomic E-state index is 13.2. The van der Waals surface area contributed by atoms with Crippen LogP contribution in [0.4, 0.5) is 0 Å². The third-order valence-corrected chi connectivity index (χ3v) is 4.97. The Hall–Kier alpha value is -2.87. The summed E-state index contributed by atoms with van der Waals surface area (Å²) >= 11 is 0. The second-order valence-corrected chi connectivity index (χ2v) is 7.21. The number of allylic oxidation sites excluding steroid dienone is 5. The van der Waals surface area contributed by atoms with E-state index in [1.807, 2.05) is 12.2 Å². The third-order valence-electron chi connectivity index (χ3n) is 4.97. The van der Waals surface area contributed by atoms with Gasteiger partial charge in [-0.3, -0.25) is 18.5 Å². The molecule has 0 aliphatic heterocycles. The lowest BCUT2D eigenvalue weighted by Gasteiger charge is -2.13. The molecule has 0 saturated carbocycles. The van der Waals surface area contributed by atoms with Gasteiger partial charge in [0, 0.05) is 20.2 Å². The van der Waals surface area contributed by atoms with Crippen molar-refractivity contribution in [3.8, 4) is 6.01 Å². The van der Waals surface area contributed by atoms with Gasteiger partial charge in [0.25, 0.3) is 11.6 Å². The third kappa shape index (κ3) is 4.27. The number of aryl methyl sites for hydroxylation is 1. The van der Waals surface area contributed by atoms with E-state index in [4.69, 9.17) is 9.84 Å². The zero-order chi connectivity index (χ0) is 21.0. The Labute approximate surface area is 169 Å². The molecule has 0 spiro atoms. The fourth-order valence-corrected chi connectivity index (χ4v) is 3.27. The highest BCUT2D eigenvalue weighted by Crippen LogP contribution is 2.22. The van der Waals surface area contributed by atoms with Gasteiger partial charge in [-0.2, -0.15) is 4.98 Å². The van der Waals surface area contributed by atoms with Crippen molar-refractivity contribution in [2.75, 3.05) is 13.2 Å². The molecule has 1 N–H and O–H groups in total. The van der Waals surface area contributed by atoms with E-state index in [2.05, 4.69) is 24.6 Å². The zero-order valence-electron chi connectivity index (χ0n) is 17.1. The van der Waals surface area contributed by atoms with Gasteiger partial charge in [0.15, 0.2) is 11.2 Å². The molecule has 2 aromatic rings. The lowest BCUT2D eigenvalue weighted by Crippen LogP contribution is -2.40. The van der Waals surface area contributed by atoms with Crippen molar-refractivity contribution in [3.63, 3.8) is 0 Å². The minimum absolute atomic E-state index is 0.0974. The predicted molar refractivity (Wildman–Crippen MR) is 112 cm³/mol. The van der Waals surface area contributed by atoms with Crippen LogP contribution in [0, 0.1) is 0 Å². The molecule has 3 rings (SSSR count). The van der Waals surface area contributed by atoms with Gasteiger partial charge in [-0.05, 0) is 24.8 Å². The summed E-state index contributed by atoms with van der Waals surface area (Å²) in [5.74, 6) is 0. The van der Waals surface area contributed by atoms with Crippen LogP contribution in [0.3, 0.4) is 0 Å². The Balaban J connectivity index is 2.15. The van der Waals surface area contributed by atoms with E-state index >= 15 is 0 Å². The summed E-state index contributed by atoms with van der Waals surface area (Å²) in [6.45, 7) is 6.97. The molecule has 29 heavy (non-hydrogen) atoms. The first-order valence-electron chi connectivity index (χ1n) is 9.96. The Morgan fingerprint density at radius 1 is 1.24 bits per heavy atom. The van der Waals surface area contributed by atoms with Crippen molar-refractivity contribution >= 4 is 11.2 Å². The van der Waals surface area contributed by atoms with Crippen LogP contribution in [-0.4, -0.2) is 37.0 Å². The Morgan fingerprint density at radius 3 is 2.69 bits per heavy atom. The topological polar surface area (TPSA) is 91.3 Å². The molecule has 1 aliphatic carbocycles. The number of aliphatic hydroxyl groups is 1. The fourth-order valence-electron chi connectivity index (χ4n) is 3.27. The van der Waals surface area contributed by atoms with Crippen LogP contribution in [-0.2, 0) is 20.1 Å². The zero-order valence-corrected chi connectivity index (χ0v) is 17.1. The highest BCUT2D eigenvalue weighted by atomic mass is 16.5. The molecule has 0 fully saturated rings. The SMILES string of the molecule is C=C1C=CC(Cn2c(OCCCC)nc3c2c(=O)n(CCCO)c(=O)n3C)=CC1. The van der Waals surface area contributed by atoms with Crippen molar-refractivity contribution < 1.29 is 9.84 Å². The second kappa shape index (κ2) is 9.09. The van der Waals surface area contributed by atoms with E-state index in [0.29, 0.717) is 36.7 Å². The first-order valence-corrected chi connectivity index (χ1v) is 9.96. The summed E-state index contributed by atoms with van der Waals surface area (Å²) < 4.78 is 10.1. The Kier molecular flexibility index (Phi) is 6.53. The smallest absolute Gasteiger partial charge is 0.332 e. The molecule has 0 bridgehead atoms. The van der Waals surface area contributed by atoms with Crippen molar-refractivity contribution in [2.24, 2.45) is 7.05 Å². The van der Waals surface area contributed by atoms with Crippen molar-refractivity contribution in [3.05, 3.63) is 56.8 Å². The van der Waals surface area contributed by atoms with Crippen LogP contribution in [0.2, 0.25) is 0 Å². The molecule has 0 aromatic carbocycles. The van der Waals surface area contributed by atoms with Crippen LogP contribution in [0.5, 0.6) is 6.01 Å². The van der Waals surface area contributed by atoms with Crippen LogP contribution in [0.15, 0.2) is 45.5 Å². The Bertz CT molecular complexity index is 1080. The fraction of sp³-hybridized carbons (Fsp3) is 0.476. The molecule has 0 radical (unpaired) electrons. The van der Waals surface area contributed by atoms with E-state index in [1.54, 1.807) is 11.6 Å². The quantitative estimate of drug-likeness (QED) is 0.649. The monoisotopic (exact) mass is 400 g/mol. The molecule has 8 heteroatoms. The standard InChI is InChI=1S/C21H28N4O4/c1-4-5-13-29-20-22-18-17(25(20)14-16-9-7-15(2)8-10-16)19(27)24(11-6-12-26)21(28)23(18)3/h7,9-10,26H,2,4-6,8,11-14H2,1,3H3. The maximum absolute atomic E-state index is 13.2. The van der Waals surface area contributed by atoms with Crippen LogP contribution in [0.1, 0.15) is 32.6 Å². The number of aliphatic hydroxyl groups excluding tert-OH is 1. The number of rotatable bonds is 9. The maximum Gasteiger partial charge on any atom is 0.332 e. The molecule has 0 unspecified atom stereocenters. The number of fused-ring (bicyclic) bond motifs is 1. The number of ether oxygens (including phenoxy) is 1. The highest BCUT2D eigenvalue weighted by molar-refractivity contribution is 5.72. The van der Waals surface area contributed by atoms with E-state index in [-0.39, 0.29) is 13.2 Å². The summed E-state index contributed by atoms with van der Waals surface area (Å²) in [5, 5.41) is 9.12. The lowest BCUT2D eigenvalue weighted by atomic mass is 10.0. The van der Waals surface area contributed by atoms with Crippen molar-refractivity contribution in [2.45, 2.75) is 45.7 Å². The van der Waals surface area contributed by atoms with E-state index in [9.17, 15) is 9.59 Å². The van der Waals surface area contributed by atoms with Crippen LogP contribution >= 0.6 is 0 Å². The Morgan fingerprint density at radius 2 is 2.03 bits per heavy atom. The molecule has 0 amide bonds. The van der Waals surface area contributed by atoms with Gasteiger partial charge >= 0.3 is 5.69 Å². The predicted octanol–water partition coefficient (Wildman–Crippen LogP) is 1.90. The van der Waals surface area contributed by atoms with Crippen LogP contribution < -0.4 is 16.0 Å². The van der Waals surface area contributed by atoms with Gasteiger partial charge in [-0.15, -0.1) is 0 Å². The summed E-state index contributed by atoms with van der Waals surface area (Å²) in [5.41, 5.74) is 1.81. The molecule has 8 nitrogen and oxygen atoms in total. The van der Waals surface area contributed by atoms with Gasteiger partial charge in [-0.1, -0.05) is 43.7 Å². The first-order chi connectivity index (χ1) is 14.0. The molecule has 0 saturated heterocycles. The van der Waals surface area contributed by atoms with E-state index in [0.717, 1.165) is 35.0 Å². The molecule has 156 valence electrons. The minimum atomic E-state index is -0.450. The van der Waals surface area contributed by atoms with Gasteiger partial charge in [0.1, 0.15) is 0 Å². The van der Waals surface area contributed by atoms with Crippen molar-refractivity contribution in [1.82, 2.24) is 18.7 Å². The summed E-state index contributed by atoms with van der Waals surface area (Å²) in [6, 6.07) is 0.333. The average molecular weight is 400 g/mol. The van der Waals surface area contributed by atoms with Crippen LogP contribution in [0.25, 0.3) is 11.2 Å². The number of aromatic nitrogens is 4. The number of unbranched alkanes of at least 4 members (excludes halogenated alkanes) is 1. The molecule has 1 aliphatic rings. The second-order valence-electron chi connectivity index (χ2n) is 7.21. The highest BCUT2D eigenvalue weighted by Gasteiger charge is 2.21. The number of hydrogen-bond donors (Lipinski definition) is 1.